The van der Waals surface area contributed by atoms with Crippen molar-refractivity contribution in [2.75, 3.05) is 0 Å². The zero-order chi connectivity index (χ0) is 47.6. The predicted octanol–water partition coefficient (Wildman–Crippen LogP) is 11.6. The van der Waals surface area contributed by atoms with E-state index < -0.39 is 105 Å². The quantitative estimate of drug-likeness (QED) is 0.120. The molecule has 3 N–H and O–H groups in total. The van der Waals surface area contributed by atoms with E-state index in [-0.39, 0.29) is 56.4 Å². The molecule has 0 aliphatic carbocycles. The summed E-state index contributed by atoms with van der Waals surface area (Å²) in [6.45, 7) is 11.2. The van der Waals surface area contributed by atoms with E-state index in [1.165, 1.54) is 62.3 Å². The molecule has 0 atom stereocenters. The first-order valence-electron chi connectivity index (χ1n) is 14.5. The third kappa shape index (κ3) is 14.9. The minimum absolute atomic E-state index is 0. The van der Waals surface area contributed by atoms with Gasteiger partial charge in [-0.05, 0) is 0 Å². The summed E-state index contributed by atoms with van der Waals surface area (Å²) in [7, 11) is 0. The minimum Gasteiger partial charge on any atom is -0.512 e. The van der Waals surface area contributed by atoms with Crippen LogP contribution >= 0.6 is 0 Å². The number of hydrogen-bond donors (Lipinski definition) is 3. The second-order valence-corrected chi connectivity index (χ2v) is 14.4. The molecule has 0 unspecified atom stereocenters. The van der Waals surface area contributed by atoms with Gasteiger partial charge in [-0.1, -0.05) is 62.3 Å². The van der Waals surface area contributed by atoms with Crippen molar-refractivity contribution in [1.82, 2.24) is 0 Å². The van der Waals surface area contributed by atoms with Gasteiger partial charge in [-0.2, -0.15) is 92.2 Å². The van der Waals surface area contributed by atoms with E-state index in [4.69, 9.17) is 15.3 Å². The monoisotopic (exact) mass is 1050 g/mol. The van der Waals surface area contributed by atoms with Gasteiger partial charge in [-0.15, -0.1) is 0 Å². The largest absolute Gasteiger partial charge is 0.512 e. The molecule has 0 fully saturated rings. The second-order valence-electron chi connectivity index (χ2n) is 14.4. The van der Waals surface area contributed by atoms with Crippen molar-refractivity contribution in [1.29, 1.82) is 0 Å². The van der Waals surface area contributed by atoms with Gasteiger partial charge in [0.25, 0.3) is 0 Å². The van der Waals surface area contributed by atoms with Crippen LogP contribution in [0.5, 0.6) is 0 Å². The number of aliphatic hydroxyl groups excluding tert-OH is 3. The van der Waals surface area contributed by atoms with E-state index in [1.54, 1.807) is 0 Å². The van der Waals surface area contributed by atoms with E-state index >= 15 is 0 Å². The van der Waals surface area contributed by atoms with Gasteiger partial charge in [0, 0.05) is 72.6 Å². The maximum atomic E-state index is 12.9. The summed E-state index contributed by atoms with van der Waals surface area (Å²) in [6, 6.07) is 0. The van der Waals surface area contributed by atoms with Gasteiger partial charge in [0.15, 0.2) is 0 Å². The Hall–Kier alpha value is -2.57. The Balaban J connectivity index is -0.000000374. The SMILES string of the molecule is CC(C)(C)/C(O)=C/C(=O)C(F)(F)C(F)(F)C(F)(F)F.CC(C)(C)/C(O)=C\C(=O)C(F)(F)C(F)(F)C(F)(F)F.CC(C)(C)/C(O)=C\C(=O)C(F)(F)C(F)(F)C(F)(F)F.[Dy]. The molecule has 58 heavy (non-hydrogen) atoms. The fourth-order valence-electron chi connectivity index (χ4n) is 2.29. The molecule has 0 saturated heterocycles. The number of rotatable bonds is 9. The minimum atomic E-state index is -6.59. The van der Waals surface area contributed by atoms with Crippen LogP contribution in [0.2, 0.25) is 0 Å². The summed E-state index contributed by atoms with van der Waals surface area (Å²) >= 11 is 0. The van der Waals surface area contributed by atoms with Crippen LogP contribution in [-0.2, 0) is 14.4 Å². The zero-order valence-corrected chi connectivity index (χ0v) is 32.6. The van der Waals surface area contributed by atoms with Crippen LogP contribution < -0.4 is 0 Å². The summed E-state index contributed by atoms with van der Waals surface area (Å²) in [5.74, 6) is -49.1. The first-order chi connectivity index (χ1) is 24.1. The average Bonchev–Trinajstić information content (AvgIpc) is 2.93. The number of carbonyl (C=O) groups excluding carboxylic acids is 3. The summed E-state index contributed by atoms with van der Waals surface area (Å²) in [6.07, 6.45) is -20.7. The molecule has 0 spiro atoms. The molecule has 0 amide bonds. The number of allylic oxidation sites excluding steroid dienone is 6. The van der Waals surface area contributed by atoms with Gasteiger partial charge < -0.3 is 15.3 Å². The Morgan fingerprint density at radius 3 is 0.534 bits per heavy atom. The molecule has 0 aliphatic heterocycles. The molecule has 0 aromatic heterocycles. The average molecular weight is 1050 g/mol. The van der Waals surface area contributed by atoms with Gasteiger partial charge >= 0.3 is 54.1 Å². The maximum Gasteiger partial charge on any atom is 0.460 e. The van der Waals surface area contributed by atoms with Crippen molar-refractivity contribution in [2.24, 2.45) is 16.2 Å². The molecule has 0 radical (unpaired) electrons. The summed E-state index contributed by atoms with van der Waals surface area (Å²) in [5.41, 5.74) is -3.75. The Labute approximate surface area is 344 Å². The van der Waals surface area contributed by atoms with Crippen LogP contribution in [0.3, 0.4) is 0 Å². The van der Waals surface area contributed by atoms with Crippen LogP contribution in [-0.4, -0.2) is 86.7 Å². The van der Waals surface area contributed by atoms with Gasteiger partial charge in [0.2, 0.25) is 17.3 Å². The number of aliphatic hydroxyl groups is 3. The van der Waals surface area contributed by atoms with Gasteiger partial charge in [-0.3, -0.25) is 14.4 Å². The van der Waals surface area contributed by atoms with Crippen LogP contribution in [0, 0.1) is 54.4 Å². The van der Waals surface area contributed by atoms with Crippen LogP contribution in [0.4, 0.5) is 92.2 Å². The molecule has 0 aliphatic rings. The Morgan fingerprint density at radius 1 is 0.328 bits per heavy atom. The molecule has 0 aromatic carbocycles. The van der Waals surface area contributed by atoms with Crippen molar-refractivity contribution in [3.63, 3.8) is 0 Å². The zero-order valence-electron chi connectivity index (χ0n) is 30.6. The molecule has 0 heterocycles. The van der Waals surface area contributed by atoms with E-state index in [9.17, 15) is 107 Å². The molecule has 28 heteroatoms. The van der Waals surface area contributed by atoms with Crippen molar-refractivity contribution >= 4 is 17.3 Å². The summed E-state index contributed by atoms with van der Waals surface area (Å²) in [5, 5.41) is 27.5. The smallest absolute Gasteiger partial charge is 0.460 e. The molecule has 6 nitrogen and oxygen atoms in total. The predicted molar refractivity (Wildman–Crippen MR) is 153 cm³/mol. The van der Waals surface area contributed by atoms with E-state index in [1.807, 2.05) is 0 Å². The van der Waals surface area contributed by atoms with Crippen LogP contribution in [0.15, 0.2) is 35.5 Å². The topological polar surface area (TPSA) is 112 Å². The Kier molecular flexibility index (Phi) is 20.3. The fraction of sp³-hybridized carbons (Fsp3) is 0.700. The standard InChI is InChI=1S/3C10H11F7O2.Dy/c3*1-7(2,3)5(18)4-6(19)8(11,12)9(13,14)10(15,16)17;/h3*4,18H,1-3H3;/b2*5-4+;5-4-;. The van der Waals surface area contributed by atoms with Gasteiger partial charge in [-0.25, -0.2) is 0 Å². The Bertz CT molecular complexity index is 1350. The number of ketones is 3. The third-order valence-corrected chi connectivity index (χ3v) is 6.29. The molecule has 0 aromatic rings. The van der Waals surface area contributed by atoms with E-state index in [2.05, 4.69) is 0 Å². The van der Waals surface area contributed by atoms with E-state index in [0.29, 0.717) is 0 Å². The molecular formula is C30H33DyF21O6. The number of alkyl halides is 21. The number of carbonyl (C=O) groups is 3. The normalized spacial score (nSPS) is 15.3. The van der Waals surface area contributed by atoms with Crippen molar-refractivity contribution in [3.05, 3.63) is 35.5 Å². The first-order valence-corrected chi connectivity index (χ1v) is 14.5. The van der Waals surface area contributed by atoms with Crippen molar-refractivity contribution in [2.45, 2.75) is 116 Å². The first kappa shape index (κ1) is 62.1. The van der Waals surface area contributed by atoms with Crippen molar-refractivity contribution < 1.29 is 160 Å². The fourth-order valence-corrected chi connectivity index (χ4v) is 2.29. The maximum absolute atomic E-state index is 12.9. The number of halogens is 21. The molecule has 346 valence electrons. The molecule has 0 saturated carbocycles. The molecule has 0 bridgehead atoms. The molecule has 0 rings (SSSR count). The molecular weight excluding hydrogens is 1020 g/mol. The second kappa shape index (κ2) is 19.0. The van der Waals surface area contributed by atoms with Crippen molar-refractivity contribution in [3.8, 4) is 0 Å². The Morgan fingerprint density at radius 2 is 0.448 bits per heavy atom. The van der Waals surface area contributed by atoms with E-state index in [0.717, 1.165) is 0 Å². The van der Waals surface area contributed by atoms with Crippen LogP contribution in [0.1, 0.15) is 62.3 Å². The number of hydrogen-bond acceptors (Lipinski definition) is 6. The van der Waals surface area contributed by atoms with Crippen LogP contribution in [0.25, 0.3) is 0 Å². The van der Waals surface area contributed by atoms with Gasteiger partial charge in [0.05, 0.1) is 0 Å². The third-order valence-electron chi connectivity index (χ3n) is 6.29. The summed E-state index contributed by atoms with van der Waals surface area (Å²) < 4.78 is 258. The summed E-state index contributed by atoms with van der Waals surface area (Å²) in [4.78, 5) is 32.5. The van der Waals surface area contributed by atoms with Gasteiger partial charge in [0.1, 0.15) is 17.3 Å².